The third-order valence-electron chi connectivity index (χ3n) is 4.14. The lowest BCUT2D eigenvalue weighted by Crippen LogP contribution is -2.37. The molecule has 23 heavy (non-hydrogen) atoms. The van der Waals surface area contributed by atoms with E-state index >= 15 is 0 Å². The first-order valence-electron chi connectivity index (χ1n) is 7.89. The topological polar surface area (TPSA) is 49.4 Å². The molecule has 2 aromatic rings. The summed E-state index contributed by atoms with van der Waals surface area (Å²) in [6, 6.07) is 15.5. The van der Waals surface area contributed by atoms with Crippen molar-refractivity contribution in [2.45, 2.75) is 26.2 Å². The van der Waals surface area contributed by atoms with Crippen molar-refractivity contribution in [2.24, 2.45) is 0 Å². The molecule has 0 radical (unpaired) electrons. The molecule has 0 aromatic heterocycles. The highest BCUT2D eigenvalue weighted by atomic mass is 16.2. The molecule has 1 N–H and O–H groups in total. The maximum atomic E-state index is 12.5. The minimum absolute atomic E-state index is 0.136. The van der Waals surface area contributed by atoms with E-state index in [0.29, 0.717) is 6.54 Å². The molecule has 0 fully saturated rings. The number of para-hydroxylation sites is 2. The van der Waals surface area contributed by atoms with Crippen LogP contribution in [0.25, 0.3) is 0 Å². The Labute approximate surface area is 136 Å². The van der Waals surface area contributed by atoms with Crippen LogP contribution in [0.1, 0.15) is 24.0 Å². The van der Waals surface area contributed by atoms with E-state index in [9.17, 15) is 9.59 Å². The van der Waals surface area contributed by atoms with Crippen LogP contribution in [0.4, 0.5) is 11.4 Å². The zero-order chi connectivity index (χ0) is 16.2. The van der Waals surface area contributed by atoms with E-state index in [2.05, 4.69) is 5.32 Å². The predicted molar refractivity (Wildman–Crippen MR) is 91.5 cm³/mol. The van der Waals surface area contributed by atoms with Gasteiger partial charge in [0.25, 0.3) is 0 Å². The van der Waals surface area contributed by atoms with Gasteiger partial charge in [-0.15, -0.1) is 0 Å². The number of carbonyl (C=O) groups is 2. The monoisotopic (exact) mass is 308 g/mol. The molecule has 0 saturated carbocycles. The fourth-order valence-corrected chi connectivity index (χ4v) is 2.93. The molecular weight excluding hydrogens is 288 g/mol. The number of fused-ring (bicyclic) bond motifs is 1. The number of carbonyl (C=O) groups excluding carboxylic acids is 2. The molecule has 2 aromatic carbocycles. The first-order valence-corrected chi connectivity index (χ1v) is 7.89. The summed E-state index contributed by atoms with van der Waals surface area (Å²) in [6.07, 6.45) is 1.78. The Morgan fingerprint density at radius 3 is 2.65 bits per heavy atom. The Kier molecular flexibility index (Phi) is 4.42. The molecule has 4 heteroatoms. The lowest BCUT2D eigenvalue weighted by Gasteiger charge is -2.29. The Morgan fingerprint density at radius 2 is 1.83 bits per heavy atom. The number of aryl methyl sites for hydroxylation is 2. The van der Waals surface area contributed by atoms with Crippen molar-refractivity contribution in [1.29, 1.82) is 0 Å². The molecule has 0 aliphatic carbocycles. The number of hydrogen-bond donors (Lipinski definition) is 1. The fourth-order valence-electron chi connectivity index (χ4n) is 2.93. The Bertz CT molecular complexity index is 740. The second-order valence-electron chi connectivity index (χ2n) is 5.82. The van der Waals surface area contributed by atoms with E-state index in [0.717, 1.165) is 29.8 Å². The average molecular weight is 308 g/mol. The molecule has 1 aliphatic rings. The van der Waals surface area contributed by atoms with Gasteiger partial charge in [-0.05, 0) is 43.0 Å². The Morgan fingerprint density at radius 1 is 1.09 bits per heavy atom. The van der Waals surface area contributed by atoms with Crippen molar-refractivity contribution in [3.05, 3.63) is 59.7 Å². The van der Waals surface area contributed by atoms with Gasteiger partial charge in [0.15, 0.2) is 0 Å². The summed E-state index contributed by atoms with van der Waals surface area (Å²) in [7, 11) is 0. The van der Waals surface area contributed by atoms with Crippen molar-refractivity contribution in [3.63, 3.8) is 0 Å². The third kappa shape index (κ3) is 3.42. The van der Waals surface area contributed by atoms with Gasteiger partial charge >= 0.3 is 0 Å². The smallest absolute Gasteiger partial charge is 0.236 e. The molecule has 3 rings (SSSR count). The van der Waals surface area contributed by atoms with E-state index in [-0.39, 0.29) is 18.2 Å². The molecule has 1 heterocycles. The van der Waals surface area contributed by atoms with E-state index < -0.39 is 0 Å². The highest BCUT2D eigenvalue weighted by Crippen LogP contribution is 2.27. The van der Waals surface area contributed by atoms with Crippen LogP contribution in [0.3, 0.4) is 0 Å². The van der Waals surface area contributed by atoms with E-state index in [1.807, 2.05) is 55.5 Å². The summed E-state index contributed by atoms with van der Waals surface area (Å²) in [5.74, 6) is -0.421. The Hall–Kier alpha value is -2.62. The normalized spacial score (nSPS) is 13.3. The number of rotatable bonds is 3. The van der Waals surface area contributed by atoms with Crippen LogP contribution in [-0.2, 0) is 16.0 Å². The fraction of sp³-hybridized carbons (Fsp3) is 0.263. The predicted octanol–water partition coefficient (Wildman–Crippen LogP) is 3.30. The van der Waals surface area contributed by atoms with Crippen molar-refractivity contribution in [2.75, 3.05) is 16.8 Å². The maximum Gasteiger partial charge on any atom is 0.236 e. The lowest BCUT2D eigenvalue weighted by atomic mass is 10.0. The Balaban J connectivity index is 1.68. The summed E-state index contributed by atoms with van der Waals surface area (Å²) < 4.78 is 0. The molecule has 0 bridgehead atoms. The second-order valence-corrected chi connectivity index (χ2v) is 5.82. The van der Waals surface area contributed by atoms with Crippen LogP contribution in [0.5, 0.6) is 0 Å². The summed E-state index contributed by atoms with van der Waals surface area (Å²) in [5, 5.41) is 2.82. The van der Waals surface area contributed by atoms with Crippen molar-refractivity contribution in [3.8, 4) is 0 Å². The first kappa shape index (κ1) is 15.3. The van der Waals surface area contributed by atoms with Crippen LogP contribution < -0.4 is 10.2 Å². The quantitative estimate of drug-likeness (QED) is 0.884. The average Bonchev–Trinajstić information content (AvgIpc) is 2.56. The number of amides is 2. The van der Waals surface area contributed by atoms with Crippen LogP contribution >= 0.6 is 0 Å². The summed E-state index contributed by atoms with van der Waals surface area (Å²) in [5.41, 5.74) is 3.85. The van der Waals surface area contributed by atoms with Gasteiger partial charge in [0.2, 0.25) is 11.8 Å². The summed E-state index contributed by atoms with van der Waals surface area (Å²) in [4.78, 5) is 26.4. The van der Waals surface area contributed by atoms with Crippen molar-refractivity contribution < 1.29 is 9.59 Å². The van der Waals surface area contributed by atoms with Gasteiger partial charge in [-0.25, -0.2) is 0 Å². The van der Waals surface area contributed by atoms with Crippen LogP contribution in [0, 0.1) is 6.92 Å². The number of anilines is 2. The number of nitrogens with zero attached hydrogens (tertiary/aromatic N) is 1. The molecule has 4 nitrogen and oxygen atoms in total. The van der Waals surface area contributed by atoms with Gasteiger partial charge in [0, 0.05) is 17.9 Å². The van der Waals surface area contributed by atoms with Gasteiger partial charge in [0.05, 0.1) is 0 Å². The molecule has 1 aliphatic heterocycles. The minimum Gasteiger partial charge on any atom is -0.325 e. The molecule has 0 spiro atoms. The molecule has 0 unspecified atom stereocenters. The molecule has 2 amide bonds. The molecule has 0 saturated heterocycles. The molecule has 0 atom stereocenters. The van der Waals surface area contributed by atoms with Crippen LogP contribution in [-0.4, -0.2) is 18.4 Å². The van der Waals surface area contributed by atoms with Gasteiger partial charge in [0.1, 0.15) is 6.42 Å². The van der Waals surface area contributed by atoms with E-state index in [1.54, 1.807) is 4.90 Å². The van der Waals surface area contributed by atoms with Gasteiger partial charge in [-0.2, -0.15) is 0 Å². The van der Waals surface area contributed by atoms with Crippen molar-refractivity contribution >= 4 is 23.2 Å². The summed E-state index contributed by atoms with van der Waals surface area (Å²) in [6.45, 7) is 2.60. The number of hydrogen-bond acceptors (Lipinski definition) is 2. The zero-order valence-electron chi connectivity index (χ0n) is 13.2. The summed E-state index contributed by atoms with van der Waals surface area (Å²) >= 11 is 0. The van der Waals surface area contributed by atoms with Crippen LogP contribution in [0.15, 0.2) is 48.5 Å². The van der Waals surface area contributed by atoms with Crippen molar-refractivity contribution in [1.82, 2.24) is 0 Å². The highest BCUT2D eigenvalue weighted by Gasteiger charge is 2.23. The van der Waals surface area contributed by atoms with Gasteiger partial charge in [-0.1, -0.05) is 36.4 Å². The number of benzene rings is 2. The first-order chi connectivity index (χ1) is 11.1. The van der Waals surface area contributed by atoms with Crippen LogP contribution in [0.2, 0.25) is 0 Å². The van der Waals surface area contributed by atoms with E-state index in [1.165, 1.54) is 5.56 Å². The largest absolute Gasteiger partial charge is 0.325 e. The molecular formula is C19H20N2O2. The molecule has 118 valence electrons. The highest BCUT2D eigenvalue weighted by molar-refractivity contribution is 6.09. The minimum atomic E-state index is -0.271. The SMILES string of the molecule is Cc1ccccc1NC(=O)CC(=O)N1CCCc2ccccc21. The second kappa shape index (κ2) is 6.65. The van der Waals surface area contributed by atoms with Gasteiger partial charge in [-0.3, -0.25) is 9.59 Å². The maximum absolute atomic E-state index is 12.5. The van der Waals surface area contributed by atoms with E-state index in [4.69, 9.17) is 0 Å². The zero-order valence-corrected chi connectivity index (χ0v) is 13.2. The number of nitrogens with one attached hydrogen (secondary N) is 1. The third-order valence-corrected chi connectivity index (χ3v) is 4.14. The lowest BCUT2D eigenvalue weighted by molar-refractivity contribution is -0.125. The standard InChI is InChI=1S/C19H20N2O2/c1-14-7-2-4-10-16(14)20-18(22)13-19(23)21-12-6-9-15-8-3-5-11-17(15)21/h2-5,7-8,10-11H,6,9,12-13H2,1H3,(H,20,22). The van der Waals surface area contributed by atoms with Gasteiger partial charge < -0.3 is 10.2 Å².